The summed E-state index contributed by atoms with van der Waals surface area (Å²) in [6.07, 6.45) is 0. The number of halogens is 1. The molecule has 0 unspecified atom stereocenters. The lowest BCUT2D eigenvalue weighted by Crippen LogP contribution is -3.14. The molecule has 3 N–H and O–H groups in total. The Labute approximate surface area is 130 Å². The van der Waals surface area contributed by atoms with E-state index in [1.165, 1.54) is 4.90 Å². The van der Waals surface area contributed by atoms with Gasteiger partial charge in [0.1, 0.15) is 13.1 Å². The van der Waals surface area contributed by atoms with Gasteiger partial charge in [0.15, 0.2) is 0 Å². The maximum Gasteiger partial charge on any atom is 0.229 e. The van der Waals surface area contributed by atoms with Crippen LogP contribution in [0.15, 0.2) is 0 Å². The van der Waals surface area contributed by atoms with E-state index in [0.29, 0.717) is 11.9 Å². The third-order valence-corrected chi connectivity index (χ3v) is 3.23. The highest BCUT2D eigenvalue weighted by Gasteiger charge is 2.15. The van der Waals surface area contributed by atoms with Gasteiger partial charge in [-0.05, 0) is 32.4 Å². The van der Waals surface area contributed by atoms with E-state index < -0.39 is 0 Å². The predicted molar refractivity (Wildman–Crippen MR) is 83.1 cm³/mol. The molecule has 0 bridgehead atoms. The van der Waals surface area contributed by atoms with Crippen LogP contribution in [-0.2, 0) is 4.74 Å². The minimum absolute atomic E-state index is 0.125. The van der Waals surface area contributed by atoms with Crippen molar-refractivity contribution < 1.29 is 9.64 Å². The van der Waals surface area contributed by atoms with E-state index >= 15 is 0 Å². The molecule has 1 aliphatic heterocycles. The molecule has 7 nitrogen and oxygen atoms in total. The van der Waals surface area contributed by atoms with Crippen LogP contribution in [0, 0.1) is 0 Å². The number of ether oxygens (including phenoxy) is 1. The molecule has 1 aromatic heterocycles. The molecule has 1 aliphatic rings. The molecule has 1 aromatic rings. The molecule has 0 spiro atoms. The summed E-state index contributed by atoms with van der Waals surface area (Å²) in [6.45, 7) is 11.7. The van der Waals surface area contributed by atoms with Gasteiger partial charge in [0.05, 0.1) is 26.3 Å². The van der Waals surface area contributed by atoms with Crippen LogP contribution in [0.4, 0.5) is 11.9 Å². The van der Waals surface area contributed by atoms with Gasteiger partial charge < -0.3 is 20.3 Å². The summed E-state index contributed by atoms with van der Waals surface area (Å²) in [5.74, 6) is 0.998. The molecule has 0 atom stereocenters. The van der Waals surface area contributed by atoms with Gasteiger partial charge in [-0.2, -0.15) is 15.0 Å². The molecule has 0 aliphatic carbocycles. The zero-order valence-corrected chi connectivity index (χ0v) is 13.6. The normalized spacial score (nSPS) is 16.8. The molecule has 0 saturated carbocycles. The topological polar surface area (TPSA) is 76.4 Å². The van der Waals surface area contributed by atoms with Crippen LogP contribution in [0.25, 0.3) is 0 Å². The molecule has 21 heavy (non-hydrogen) atoms. The molecule has 1 saturated heterocycles. The van der Waals surface area contributed by atoms with Gasteiger partial charge in [0.25, 0.3) is 0 Å². The quantitative estimate of drug-likeness (QED) is 0.713. The number of nitrogens with zero attached hydrogens (tertiary/aromatic N) is 3. The molecule has 0 amide bonds. The highest BCUT2D eigenvalue weighted by atomic mass is 35.5. The fourth-order valence-corrected chi connectivity index (χ4v) is 2.24. The van der Waals surface area contributed by atoms with Gasteiger partial charge in [-0.25, -0.2) is 0 Å². The number of anilines is 2. The van der Waals surface area contributed by atoms with Crippen LogP contribution in [0.5, 0.6) is 0 Å². The summed E-state index contributed by atoms with van der Waals surface area (Å²) >= 11 is 5.94. The lowest BCUT2D eigenvalue weighted by atomic mass is 10.1. The Morgan fingerprint density at radius 1 is 1.14 bits per heavy atom. The second-order valence-electron chi connectivity index (χ2n) is 6.17. The Kier molecular flexibility index (Phi) is 5.55. The first-order valence-corrected chi connectivity index (χ1v) is 7.65. The van der Waals surface area contributed by atoms with Gasteiger partial charge in [-0.1, -0.05) is 0 Å². The van der Waals surface area contributed by atoms with Crippen LogP contribution in [0.2, 0.25) is 5.28 Å². The van der Waals surface area contributed by atoms with Crippen molar-refractivity contribution in [2.24, 2.45) is 0 Å². The van der Waals surface area contributed by atoms with Crippen LogP contribution in [0.1, 0.15) is 20.8 Å². The summed E-state index contributed by atoms with van der Waals surface area (Å²) in [5.41, 5.74) is -0.125. The first-order chi connectivity index (χ1) is 9.92. The molecular formula is C13H24ClN6O+. The second kappa shape index (κ2) is 7.20. The van der Waals surface area contributed by atoms with Crippen molar-refractivity contribution in [2.45, 2.75) is 26.3 Å². The number of quaternary nitrogens is 1. The van der Waals surface area contributed by atoms with E-state index in [1.807, 2.05) is 20.8 Å². The van der Waals surface area contributed by atoms with Crippen molar-refractivity contribution in [1.82, 2.24) is 15.0 Å². The summed E-state index contributed by atoms with van der Waals surface area (Å²) in [4.78, 5) is 14.1. The molecule has 0 radical (unpaired) electrons. The first-order valence-electron chi connectivity index (χ1n) is 7.27. The van der Waals surface area contributed by atoms with Gasteiger partial charge >= 0.3 is 0 Å². The maximum atomic E-state index is 5.94. The lowest BCUT2D eigenvalue weighted by Gasteiger charge is -2.23. The van der Waals surface area contributed by atoms with Crippen LogP contribution >= 0.6 is 11.6 Å². The highest BCUT2D eigenvalue weighted by Crippen LogP contribution is 2.13. The molecule has 2 heterocycles. The number of nitrogens with one attached hydrogen (secondary N) is 3. The monoisotopic (exact) mass is 315 g/mol. The van der Waals surface area contributed by atoms with Crippen LogP contribution < -0.4 is 15.5 Å². The van der Waals surface area contributed by atoms with Gasteiger partial charge in [-0.3, -0.25) is 0 Å². The van der Waals surface area contributed by atoms with Crippen LogP contribution in [-0.4, -0.2) is 59.9 Å². The smallest absolute Gasteiger partial charge is 0.229 e. The fourth-order valence-electron chi connectivity index (χ4n) is 2.08. The SMILES string of the molecule is CC(C)(C)Nc1nc(Cl)nc(NCC[NH+]2CCOCC2)n1. The van der Waals surface area contributed by atoms with Crippen molar-refractivity contribution in [3.05, 3.63) is 5.28 Å². The molecule has 8 heteroatoms. The van der Waals surface area contributed by atoms with Crippen molar-refractivity contribution in [3.63, 3.8) is 0 Å². The van der Waals surface area contributed by atoms with E-state index in [4.69, 9.17) is 16.3 Å². The Morgan fingerprint density at radius 3 is 2.48 bits per heavy atom. The Hall–Kier alpha value is -1.18. The molecule has 1 fully saturated rings. The number of aromatic nitrogens is 3. The maximum absolute atomic E-state index is 5.94. The highest BCUT2D eigenvalue weighted by molar-refractivity contribution is 6.28. The number of morpholine rings is 1. The van der Waals surface area contributed by atoms with E-state index in [9.17, 15) is 0 Å². The van der Waals surface area contributed by atoms with E-state index in [2.05, 4.69) is 25.6 Å². The average Bonchev–Trinajstić information content (AvgIpc) is 2.37. The first kappa shape index (κ1) is 16.2. The van der Waals surface area contributed by atoms with Crippen molar-refractivity contribution in [3.8, 4) is 0 Å². The molecule has 118 valence electrons. The third kappa shape index (κ3) is 5.99. The summed E-state index contributed by atoms with van der Waals surface area (Å²) < 4.78 is 5.34. The number of rotatable bonds is 5. The molecule has 0 aromatic carbocycles. The van der Waals surface area contributed by atoms with Gasteiger partial charge in [0, 0.05) is 5.54 Å². The van der Waals surface area contributed by atoms with Gasteiger partial charge in [-0.15, -0.1) is 0 Å². The van der Waals surface area contributed by atoms with Gasteiger partial charge in [0.2, 0.25) is 17.2 Å². The van der Waals surface area contributed by atoms with Crippen molar-refractivity contribution in [1.29, 1.82) is 0 Å². The standard InChI is InChI=1S/C13H23ClN6O/c1-13(2,3)19-12-17-10(14)16-11(18-12)15-4-5-20-6-8-21-9-7-20/h4-9H2,1-3H3,(H2,15,16,17,18,19)/p+1. The predicted octanol–water partition coefficient (Wildman–Crippen LogP) is 0.0624. The second-order valence-corrected chi connectivity index (χ2v) is 6.50. The van der Waals surface area contributed by atoms with E-state index in [1.54, 1.807) is 0 Å². The fraction of sp³-hybridized carbons (Fsp3) is 0.769. The molecule has 2 rings (SSSR count). The summed E-state index contributed by atoms with van der Waals surface area (Å²) in [7, 11) is 0. The number of hydrogen-bond donors (Lipinski definition) is 3. The Bertz CT molecular complexity index is 458. The van der Waals surface area contributed by atoms with E-state index in [0.717, 1.165) is 39.4 Å². The molecular weight excluding hydrogens is 292 g/mol. The Balaban J connectivity index is 1.87. The van der Waals surface area contributed by atoms with Crippen LogP contribution in [0.3, 0.4) is 0 Å². The number of hydrogen-bond acceptors (Lipinski definition) is 6. The average molecular weight is 316 g/mol. The zero-order chi connectivity index (χ0) is 15.3. The summed E-state index contributed by atoms with van der Waals surface area (Å²) in [5, 5.41) is 6.60. The summed E-state index contributed by atoms with van der Waals surface area (Å²) in [6, 6.07) is 0. The minimum atomic E-state index is -0.125. The zero-order valence-electron chi connectivity index (χ0n) is 12.9. The third-order valence-electron chi connectivity index (χ3n) is 3.06. The van der Waals surface area contributed by atoms with Crippen molar-refractivity contribution in [2.75, 3.05) is 50.0 Å². The largest absolute Gasteiger partial charge is 0.370 e. The minimum Gasteiger partial charge on any atom is -0.370 e. The van der Waals surface area contributed by atoms with E-state index in [-0.39, 0.29) is 10.8 Å². The Morgan fingerprint density at radius 2 is 1.81 bits per heavy atom. The lowest BCUT2D eigenvalue weighted by molar-refractivity contribution is -0.906. The van der Waals surface area contributed by atoms with Crippen molar-refractivity contribution >= 4 is 23.5 Å².